The number of ether oxygens (including phenoxy) is 1. The van der Waals surface area contributed by atoms with Crippen molar-refractivity contribution in [1.82, 2.24) is 10.3 Å². The molecule has 40 heavy (non-hydrogen) atoms. The molecule has 2 aromatic heterocycles. The van der Waals surface area contributed by atoms with Gasteiger partial charge in [0.15, 0.2) is 5.11 Å². The highest BCUT2D eigenvalue weighted by molar-refractivity contribution is 7.80. The predicted molar refractivity (Wildman–Crippen MR) is 156 cm³/mol. The van der Waals surface area contributed by atoms with E-state index in [9.17, 15) is 10.1 Å². The number of nitro groups is 1. The minimum absolute atomic E-state index is 0.0251. The topological polar surface area (TPSA) is 93.7 Å². The first-order valence-electron chi connectivity index (χ1n) is 12.7. The maximum atomic E-state index is 11.1. The monoisotopic (exact) mass is 548 g/mol. The molecule has 6 rings (SSSR count). The number of benzene rings is 3. The van der Waals surface area contributed by atoms with Gasteiger partial charge >= 0.3 is 0 Å². The summed E-state index contributed by atoms with van der Waals surface area (Å²) in [5, 5.41) is 15.0. The summed E-state index contributed by atoms with van der Waals surface area (Å²) in [6.45, 7) is 2.01. The van der Waals surface area contributed by atoms with Crippen LogP contribution in [0.1, 0.15) is 29.1 Å². The van der Waals surface area contributed by atoms with Crippen molar-refractivity contribution in [1.29, 1.82) is 0 Å². The highest BCUT2D eigenvalue weighted by atomic mass is 32.1. The Morgan fingerprint density at radius 3 is 2.40 bits per heavy atom. The number of nitrogens with zero attached hydrogens (tertiary/aromatic N) is 3. The first-order valence-corrected chi connectivity index (χ1v) is 13.1. The molecule has 1 saturated heterocycles. The van der Waals surface area contributed by atoms with Gasteiger partial charge in [0.05, 0.1) is 16.7 Å². The molecule has 0 aliphatic carbocycles. The summed E-state index contributed by atoms with van der Waals surface area (Å²) in [4.78, 5) is 17.3. The number of para-hydroxylation sites is 1. The molecule has 1 aliphatic heterocycles. The van der Waals surface area contributed by atoms with E-state index in [1.165, 1.54) is 12.1 Å². The molecule has 0 saturated carbocycles. The molecular formula is C31H24N4O4S. The summed E-state index contributed by atoms with van der Waals surface area (Å²) in [5.74, 6) is 2.80. The maximum Gasteiger partial charge on any atom is 0.269 e. The molecule has 1 fully saturated rings. The van der Waals surface area contributed by atoms with Crippen LogP contribution in [0, 0.1) is 17.0 Å². The standard InChI is InChI=1S/C31H24N4O4S/c1-20-6-2-3-8-26(20)38-24-15-13-22(14-16-24)34-30(29(33-31(34)40)25-7-4-5-19-32-25)28-18-17-27(39-28)21-9-11-23(12-10-21)35(36)37/h2-19,29-30H,1H3,(H,33,40)/t29-,30+/m0/s1. The van der Waals surface area contributed by atoms with Crippen LogP contribution in [0.5, 0.6) is 11.5 Å². The third-order valence-corrected chi connectivity index (χ3v) is 7.13. The van der Waals surface area contributed by atoms with Gasteiger partial charge in [-0.05, 0) is 91.4 Å². The van der Waals surface area contributed by atoms with E-state index in [0.717, 1.165) is 28.3 Å². The van der Waals surface area contributed by atoms with Crippen molar-refractivity contribution in [2.24, 2.45) is 0 Å². The number of nitrogens with one attached hydrogen (secondary N) is 1. The van der Waals surface area contributed by atoms with Crippen LogP contribution in [-0.2, 0) is 0 Å². The smallest absolute Gasteiger partial charge is 0.269 e. The Morgan fingerprint density at radius 1 is 0.950 bits per heavy atom. The van der Waals surface area contributed by atoms with Crippen LogP contribution in [0.3, 0.4) is 0 Å². The third kappa shape index (κ3) is 4.90. The van der Waals surface area contributed by atoms with E-state index in [1.807, 2.05) is 90.7 Å². The first kappa shape index (κ1) is 25.3. The quantitative estimate of drug-likeness (QED) is 0.127. The van der Waals surface area contributed by atoms with Crippen molar-refractivity contribution < 1.29 is 14.1 Å². The second-order valence-corrected chi connectivity index (χ2v) is 9.75. The summed E-state index contributed by atoms with van der Waals surface area (Å²) in [6, 6.07) is 30.9. The van der Waals surface area contributed by atoms with Crippen molar-refractivity contribution in [3.05, 3.63) is 136 Å². The second kappa shape index (κ2) is 10.6. The fraction of sp³-hybridized carbons (Fsp3) is 0.0968. The highest BCUT2D eigenvalue weighted by Gasteiger charge is 2.42. The third-order valence-electron chi connectivity index (χ3n) is 6.82. The number of hydrogen-bond acceptors (Lipinski definition) is 6. The summed E-state index contributed by atoms with van der Waals surface area (Å²) >= 11 is 5.82. The van der Waals surface area contributed by atoms with E-state index in [4.69, 9.17) is 21.4 Å². The zero-order valence-electron chi connectivity index (χ0n) is 21.4. The van der Waals surface area contributed by atoms with Gasteiger partial charge in [-0.1, -0.05) is 24.3 Å². The van der Waals surface area contributed by atoms with Gasteiger partial charge in [0, 0.05) is 29.6 Å². The van der Waals surface area contributed by atoms with E-state index in [2.05, 4.69) is 10.3 Å². The number of anilines is 1. The minimum Gasteiger partial charge on any atom is -0.459 e. The molecule has 0 unspecified atom stereocenters. The van der Waals surface area contributed by atoms with Gasteiger partial charge in [0.1, 0.15) is 29.1 Å². The average molecular weight is 549 g/mol. The van der Waals surface area contributed by atoms with E-state index < -0.39 is 4.92 Å². The zero-order valence-corrected chi connectivity index (χ0v) is 22.2. The lowest BCUT2D eigenvalue weighted by atomic mass is 10.0. The van der Waals surface area contributed by atoms with Gasteiger partial charge in [0.25, 0.3) is 5.69 Å². The van der Waals surface area contributed by atoms with Crippen LogP contribution in [0.25, 0.3) is 11.3 Å². The van der Waals surface area contributed by atoms with Crippen molar-refractivity contribution >= 4 is 28.7 Å². The number of nitro benzene ring substituents is 1. The molecular weight excluding hydrogens is 524 g/mol. The largest absolute Gasteiger partial charge is 0.459 e. The number of thiocarbonyl (C=S) groups is 1. The summed E-state index contributed by atoms with van der Waals surface area (Å²) in [6.07, 6.45) is 1.75. The van der Waals surface area contributed by atoms with Gasteiger partial charge in [-0.25, -0.2) is 0 Å². The summed E-state index contributed by atoms with van der Waals surface area (Å²) in [7, 11) is 0. The van der Waals surface area contributed by atoms with Crippen molar-refractivity contribution in [3.8, 4) is 22.8 Å². The van der Waals surface area contributed by atoms with Gasteiger partial charge in [-0.3, -0.25) is 15.1 Å². The lowest BCUT2D eigenvalue weighted by Crippen LogP contribution is -2.29. The van der Waals surface area contributed by atoms with Crippen LogP contribution in [0.2, 0.25) is 0 Å². The van der Waals surface area contributed by atoms with Crippen LogP contribution in [0.15, 0.2) is 114 Å². The van der Waals surface area contributed by atoms with Gasteiger partial charge < -0.3 is 19.4 Å². The molecule has 5 aromatic rings. The molecule has 0 spiro atoms. The number of furan rings is 1. The molecule has 8 nitrogen and oxygen atoms in total. The Morgan fingerprint density at radius 2 is 1.70 bits per heavy atom. The number of pyridine rings is 1. The Kier molecular flexibility index (Phi) is 6.71. The molecule has 3 heterocycles. The van der Waals surface area contributed by atoms with Crippen molar-refractivity contribution in [3.63, 3.8) is 0 Å². The summed E-state index contributed by atoms with van der Waals surface area (Å²) in [5.41, 5.74) is 3.51. The molecule has 3 aromatic carbocycles. The lowest BCUT2D eigenvalue weighted by Gasteiger charge is -2.26. The number of hydrogen-bond donors (Lipinski definition) is 1. The van der Waals surface area contributed by atoms with Crippen LogP contribution >= 0.6 is 12.2 Å². The van der Waals surface area contributed by atoms with Crippen molar-refractivity contribution in [2.45, 2.75) is 19.0 Å². The predicted octanol–water partition coefficient (Wildman–Crippen LogP) is 7.53. The molecule has 9 heteroatoms. The van der Waals surface area contributed by atoms with Crippen LogP contribution in [-0.4, -0.2) is 15.0 Å². The van der Waals surface area contributed by atoms with Gasteiger partial charge in [-0.15, -0.1) is 0 Å². The Bertz CT molecular complexity index is 1670. The normalized spacial score (nSPS) is 16.5. The van der Waals surface area contributed by atoms with E-state index in [0.29, 0.717) is 22.4 Å². The Hall–Kier alpha value is -5.02. The zero-order chi connectivity index (χ0) is 27.6. The van der Waals surface area contributed by atoms with Crippen LogP contribution in [0.4, 0.5) is 11.4 Å². The minimum atomic E-state index is -0.421. The second-order valence-electron chi connectivity index (χ2n) is 9.36. The lowest BCUT2D eigenvalue weighted by molar-refractivity contribution is -0.384. The average Bonchev–Trinajstić information content (AvgIpc) is 3.60. The SMILES string of the molecule is Cc1ccccc1Oc1ccc(N2C(=S)N[C@@H](c3ccccn3)[C@H]2c2ccc(-c3ccc([N+](=O)[O-])cc3)o2)cc1. The maximum absolute atomic E-state index is 11.1. The van der Waals surface area contributed by atoms with Gasteiger partial charge in [0.2, 0.25) is 0 Å². The molecule has 1 N–H and O–H groups in total. The molecule has 0 radical (unpaired) electrons. The fourth-order valence-corrected chi connectivity index (χ4v) is 5.15. The molecule has 0 bridgehead atoms. The summed E-state index contributed by atoms with van der Waals surface area (Å²) < 4.78 is 12.5. The van der Waals surface area contributed by atoms with Crippen LogP contribution < -0.4 is 15.0 Å². The highest BCUT2D eigenvalue weighted by Crippen LogP contribution is 2.43. The van der Waals surface area contributed by atoms with Gasteiger partial charge in [-0.2, -0.15) is 0 Å². The molecule has 1 aliphatic rings. The Balaban J connectivity index is 1.34. The molecule has 2 atom stereocenters. The fourth-order valence-electron chi connectivity index (χ4n) is 4.81. The molecule has 198 valence electrons. The van der Waals surface area contributed by atoms with E-state index in [-0.39, 0.29) is 17.8 Å². The van der Waals surface area contributed by atoms with E-state index >= 15 is 0 Å². The number of aryl methyl sites for hydroxylation is 1. The first-order chi connectivity index (χ1) is 19.5. The van der Waals surface area contributed by atoms with Crippen molar-refractivity contribution in [2.75, 3.05) is 4.90 Å². The number of rotatable bonds is 7. The number of non-ortho nitro benzene ring substituents is 1. The number of aromatic nitrogens is 1. The Labute approximate surface area is 236 Å². The molecule has 0 amide bonds. The van der Waals surface area contributed by atoms with E-state index in [1.54, 1.807) is 18.3 Å².